The van der Waals surface area contributed by atoms with Crippen molar-refractivity contribution in [3.8, 4) is 0 Å². The molecular weight excluding hydrogens is 264 g/mol. The van der Waals surface area contributed by atoms with Gasteiger partial charge in [-0.25, -0.2) is 0 Å². The second-order valence-electron chi connectivity index (χ2n) is 3.05. The lowest BCUT2D eigenvalue weighted by Gasteiger charge is -2.08. The summed E-state index contributed by atoms with van der Waals surface area (Å²) in [5, 5.41) is 12.3. The van der Waals surface area contributed by atoms with Gasteiger partial charge in [-0.2, -0.15) is 0 Å². The molecular formula is C9H15BrN2OS. The fraction of sp³-hybridized carbons (Fsp3) is 0.556. The maximum atomic E-state index is 9.17. The van der Waals surface area contributed by atoms with Gasteiger partial charge in [0.15, 0.2) is 0 Å². The number of nitrogens with one attached hydrogen (secondary N) is 1. The quantitative estimate of drug-likeness (QED) is 0.680. The van der Waals surface area contributed by atoms with E-state index in [0.29, 0.717) is 13.1 Å². The van der Waals surface area contributed by atoms with E-state index in [1.807, 2.05) is 0 Å². The normalized spacial score (nSPS) is 13.1. The Morgan fingerprint density at radius 3 is 2.93 bits per heavy atom. The molecule has 0 aliphatic rings. The predicted octanol–water partition coefficient (Wildman–Crippen LogP) is 0.962. The zero-order chi connectivity index (χ0) is 10.4. The van der Waals surface area contributed by atoms with E-state index in [-0.39, 0.29) is 0 Å². The molecule has 1 heterocycles. The van der Waals surface area contributed by atoms with Gasteiger partial charge in [-0.1, -0.05) is 0 Å². The molecule has 14 heavy (non-hydrogen) atoms. The van der Waals surface area contributed by atoms with Gasteiger partial charge in [-0.15, -0.1) is 11.3 Å². The molecule has 1 rings (SSSR count). The minimum atomic E-state index is -0.426. The van der Waals surface area contributed by atoms with E-state index in [1.165, 1.54) is 4.88 Å². The average molecular weight is 279 g/mol. The smallest absolute Gasteiger partial charge is 0.0786 e. The van der Waals surface area contributed by atoms with Crippen molar-refractivity contribution in [2.24, 2.45) is 5.73 Å². The van der Waals surface area contributed by atoms with E-state index >= 15 is 0 Å². The molecule has 0 saturated carbocycles. The maximum Gasteiger partial charge on any atom is 0.0786 e. The Bertz CT molecular complexity index is 267. The van der Waals surface area contributed by atoms with Crippen LogP contribution in [-0.2, 0) is 6.42 Å². The molecule has 0 spiro atoms. The van der Waals surface area contributed by atoms with Crippen molar-refractivity contribution in [3.05, 3.63) is 20.8 Å². The van der Waals surface area contributed by atoms with Crippen molar-refractivity contribution >= 4 is 27.3 Å². The minimum absolute atomic E-state index is 0.317. The van der Waals surface area contributed by atoms with Crippen LogP contribution in [0.4, 0.5) is 0 Å². The highest BCUT2D eigenvalue weighted by Crippen LogP contribution is 2.21. The van der Waals surface area contributed by atoms with Gasteiger partial charge in [-0.05, 0) is 34.5 Å². The molecule has 80 valence electrons. The molecule has 0 aliphatic heterocycles. The zero-order valence-corrected chi connectivity index (χ0v) is 10.3. The Morgan fingerprint density at radius 2 is 2.36 bits per heavy atom. The van der Waals surface area contributed by atoms with Gasteiger partial charge < -0.3 is 16.2 Å². The summed E-state index contributed by atoms with van der Waals surface area (Å²) in [5.41, 5.74) is 5.27. The van der Waals surface area contributed by atoms with Gasteiger partial charge in [0.2, 0.25) is 0 Å². The van der Waals surface area contributed by atoms with Crippen molar-refractivity contribution in [1.29, 1.82) is 0 Å². The fourth-order valence-electron chi connectivity index (χ4n) is 1.05. The maximum absolute atomic E-state index is 9.17. The lowest BCUT2D eigenvalue weighted by atomic mass is 10.3. The van der Waals surface area contributed by atoms with E-state index < -0.39 is 6.10 Å². The van der Waals surface area contributed by atoms with Gasteiger partial charge in [0, 0.05) is 24.5 Å². The second-order valence-corrected chi connectivity index (χ2v) is 5.60. The van der Waals surface area contributed by atoms with Crippen LogP contribution in [0.3, 0.4) is 0 Å². The first-order valence-corrected chi connectivity index (χ1v) is 6.16. The first kappa shape index (κ1) is 12.1. The molecule has 5 heteroatoms. The summed E-state index contributed by atoms with van der Waals surface area (Å²) < 4.78 is 1.16. The molecule has 4 N–H and O–H groups in total. The summed E-state index contributed by atoms with van der Waals surface area (Å²) in [4.78, 5) is 1.34. The summed E-state index contributed by atoms with van der Waals surface area (Å²) in [6.45, 7) is 1.77. The third-order valence-corrected chi connectivity index (χ3v) is 3.51. The van der Waals surface area contributed by atoms with Gasteiger partial charge in [0.1, 0.15) is 0 Å². The summed E-state index contributed by atoms with van der Waals surface area (Å²) in [6, 6.07) is 4.16. The molecule has 0 saturated heterocycles. The highest BCUT2D eigenvalue weighted by atomic mass is 79.9. The van der Waals surface area contributed by atoms with E-state index in [4.69, 9.17) is 10.8 Å². The monoisotopic (exact) mass is 278 g/mol. The molecule has 1 aromatic rings. The van der Waals surface area contributed by atoms with E-state index in [0.717, 1.165) is 16.8 Å². The van der Waals surface area contributed by atoms with Gasteiger partial charge in [0.05, 0.1) is 9.89 Å². The molecule has 1 unspecified atom stereocenters. The lowest BCUT2D eigenvalue weighted by molar-refractivity contribution is 0.180. The van der Waals surface area contributed by atoms with E-state index in [1.54, 1.807) is 11.3 Å². The summed E-state index contributed by atoms with van der Waals surface area (Å²) in [5.74, 6) is 0. The SMILES string of the molecule is NCC(O)CNCCc1ccc(Br)s1. The molecule has 0 bridgehead atoms. The highest BCUT2D eigenvalue weighted by Gasteiger charge is 2.00. The topological polar surface area (TPSA) is 58.3 Å². The number of nitrogens with two attached hydrogens (primary N) is 1. The third kappa shape index (κ3) is 4.52. The van der Waals surface area contributed by atoms with Crippen molar-refractivity contribution < 1.29 is 5.11 Å². The zero-order valence-electron chi connectivity index (χ0n) is 7.87. The van der Waals surface area contributed by atoms with Crippen LogP contribution in [0.1, 0.15) is 4.88 Å². The number of thiophene rings is 1. The molecule has 0 aliphatic carbocycles. The highest BCUT2D eigenvalue weighted by molar-refractivity contribution is 9.11. The van der Waals surface area contributed by atoms with Crippen molar-refractivity contribution in [2.75, 3.05) is 19.6 Å². The largest absolute Gasteiger partial charge is 0.390 e. The van der Waals surface area contributed by atoms with Crippen LogP contribution in [0.2, 0.25) is 0 Å². The van der Waals surface area contributed by atoms with E-state index in [2.05, 4.69) is 33.4 Å². The van der Waals surface area contributed by atoms with Crippen molar-refractivity contribution in [2.45, 2.75) is 12.5 Å². The Hall–Kier alpha value is 0.0600. The van der Waals surface area contributed by atoms with Gasteiger partial charge in [0.25, 0.3) is 0 Å². The Labute approximate surface area is 96.4 Å². The average Bonchev–Trinajstić information content (AvgIpc) is 2.58. The Morgan fingerprint density at radius 1 is 1.57 bits per heavy atom. The Kier molecular flexibility index (Phi) is 5.66. The summed E-state index contributed by atoms with van der Waals surface area (Å²) in [7, 11) is 0. The molecule has 1 aromatic heterocycles. The van der Waals surface area contributed by atoms with Crippen LogP contribution in [0, 0.1) is 0 Å². The number of hydrogen-bond donors (Lipinski definition) is 3. The minimum Gasteiger partial charge on any atom is -0.390 e. The van der Waals surface area contributed by atoms with Gasteiger partial charge in [-0.3, -0.25) is 0 Å². The Balaban J connectivity index is 2.10. The van der Waals surface area contributed by atoms with Crippen LogP contribution in [0.25, 0.3) is 0 Å². The standard InChI is InChI=1S/C9H15BrN2OS/c10-9-2-1-8(14-9)3-4-12-6-7(13)5-11/h1-2,7,12-13H,3-6,11H2. The number of aliphatic hydroxyl groups is 1. The third-order valence-electron chi connectivity index (χ3n) is 1.83. The fourth-order valence-corrected chi connectivity index (χ4v) is 2.53. The summed E-state index contributed by atoms with van der Waals surface area (Å²) in [6.07, 6.45) is 0.568. The van der Waals surface area contributed by atoms with Crippen LogP contribution in [0.5, 0.6) is 0 Å². The van der Waals surface area contributed by atoms with Crippen LogP contribution in [-0.4, -0.2) is 30.8 Å². The number of rotatable bonds is 6. The van der Waals surface area contributed by atoms with E-state index in [9.17, 15) is 0 Å². The molecule has 0 aromatic carbocycles. The number of aliphatic hydroxyl groups excluding tert-OH is 1. The molecule has 1 atom stereocenters. The molecule has 0 amide bonds. The first-order valence-electron chi connectivity index (χ1n) is 4.55. The lowest BCUT2D eigenvalue weighted by Crippen LogP contribution is -2.33. The van der Waals surface area contributed by atoms with Crippen LogP contribution < -0.4 is 11.1 Å². The molecule has 3 nitrogen and oxygen atoms in total. The second kappa shape index (κ2) is 6.53. The summed E-state index contributed by atoms with van der Waals surface area (Å²) >= 11 is 5.16. The van der Waals surface area contributed by atoms with Crippen LogP contribution >= 0.6 is 27.3 Å². The van der Waals surface area contributed by atoms with Gasteiger partial charge >= 0.3 is 0 Å². The number of hydrogen-bond acceptors (Lipinski definition) is 4. The van der Waals surface area contributed by atoms with Crippen LogP contribution in [0.15, 0.2) is 15.9 Å². The molecule has 0 radical (unpaired) electrons. The van der Waals surface area contributed by atoms with Crippen molar-refractivity contribution in [1.82, 2.24) is 5.32 Å². The molecule has 0 fully saturated rings. The first-order chi connectivity index (χ1) is 6.72. The predicted molar refractivity (Wildman–Crippen MR) is 63.7 cm³/mol. The number of halogens is 1. The van der Waals surface area contributed by atoms with Crippen molar-refractivity contribution in [3.63, 3.8) is 0 Å².